The van der Waals surface area contributed by atoms with Crippen LogP contribution in [0.15, 0.2) is 0 Å². The summed E-state index contributed by atoms with van der Waals surface area (Å²) in [6.45, 7) is 3.63. The fourth-order valence-electron chi connectivity index (χ4n) is 4.11. The fourth-order valence-corrected chi connectivity index (χ4v) is 5.08. The third kappa shape index (κ3) is 4.89. The zero-order valence-electron chi connectivity index (χ0n) is 14.1. The molecule has 3 N–H and O–H groups in total. The highest BCUT2D eigenvalue weighted by atomic mass is 32.2. The van der Waals surface area contributed by atoms with Crippen molar-refractivity contribution in [2.24, 2.45) is 11.8 Å². The SMILES string of the molecule is CS(=O)(=O)C1CCC(C2CCCC(NCC3CCOC3)N2)CN1. The highest BCUT2D eigenvalue weighted by Crippen LogP contribution is 2.26. The summed E-state index contributed by atoms with van der Waals surface area (Å²) in [6.07, 6.45) is 8.23. The average molecular weight is 346 g/mol. The van der Waals surface area contributed by atoms with E-state index in [0.29, 0.717) is 24.0 Å². The maximum Gasteiger partial charge on any atom is 0.163 e. The van der Waals surface area contributed by atoms with Gasteiger partial charge in [-0.1, -0.05) is 0 Å². The number of rotatable bonds is 5. The molecule has 0 saturated carbocycles. The van der Waals surface area contributed by atoms with E-state index >= 15 is 0 Å². The summed E-state index contributed by atoms with van der Waals surface area (Å²) in [5.74, 6) is 1.19. The number of nitrogens with one attached hydrogen (secondary N) is 3. The second kappa shape index (κ2) is 7.78. The highest BCUT2D eigenvalue weighted by Gasteiger charge is 2.33. The van der Waals surface area contributed by atoms with Crippen LogP contribution >= 0.6 is 0 Å². The van der Waals surface area contributed by atoms with Crippen molar-refractivity contribution in [1.82, 2.24) is 16.0 Å². The largest absolute Gasteiger partial charge is 0.381 e. The summed E-state index contributed by atoms with van der Waals surface area (Å²) in [6, 6.07) is 0.495. The number of ether oxygens (including phenoxy) is 1. The Morgan fingerprint density at radius 3 is 2.70 bits per heavy atom. The first-order valence-electron chi connectivity index (χ1n) is 9.02. The molecule has 0 radical (unpaired) electrons. The highest BCUT2D eigenvalue weighted by molar-refractivity contribution is 7.91. The minimum atomic E-state index is -2.96. The Hall–Kier alpha value is -0.210. The molecule has 5 atom stereocenters. The standard InChI is InChI=1S/C16H31N3O3S/c1-23(20,21)16-6-5-13(10-18-16)14-3-2-4-15(19-14)17-9-12-7-8-22-11-12/h12-19H,2-11H2,1H3. The summed E-state index contributed by atoms with van der Waals surface area (Å²) >= 11 is 0. The van der Waals surface area contributed by atoms with Gasteiger partial charge in [0.1, 0.15) is 5.37 Å². The summed E-state index contributed by atoms with van der Waals surface area (Å²) in [5.41, 5.74) is 0. The third-order valence-electron chi connectivity index (χ3n) is 5.59. The second-order valence-electron chi connectivity index (χ2n) is 7.46. The van der Waals surface area contributed by atoms with Crippen LogP contribution in [0.3, 0.4) is 0 Å². The van der Waals surface area contributed by atoms with Gasteiger partial charge in [-0.3, -0.25) is 5.32 Å². The zero-order valence-corrected chi connectivity index (χ0v) is 14.9. The van der Waals surface area contributed by atoms with Gasteiger partial charge in [-0.2, -0.15) is 0 Å². The third-order valence-corrected chi connectivity index (χ3v) is 7.03. The molecule has 0 aromatic carbocycles. The molecule has 23 heavy (non-hydrogen) atoms. The van der Waals surface area contributed by atoms with Crippen LogP contribution in [0.4, 0.5) is 0 Å². The van der Waals surface area contributed by atoms with Crippen LogP contribution in [0.25, 0.3) is 0 Å². The van der Waals surface area contributed by atoms with Crippen LogP contribution in [-0.4, -0.2) is 58.6 Å². The van der Waals surface area contributed by atoms with Crippen LogP contribution in [0.1, 0.15) is 38.5 Å². The topological polar surface area (TPSA) is 79.5 Å². The van der Waals surface area contributed by atoms with Crippen molar-refractivity contribution < 1.29 is 13.2 Å². The van der Waals surface area contributed by atoms with E-state index < -0.39 is 9.84 Å². The van der Waals surface area contributed by atoms with Gasteiger partial charge in [0.05, 0.1) is 12.8 Å². The van der Waals surface area contributed by atoms with Gasteiger partial charge in [0.25, 0.3) is 0 Å². The quantitative estimate of drug-likeness (QED) is 0.671. The van der Waals surface area contributed by atoms with Gasteiger partial charge in [0.15, 0.2) is 9.84 Å². The summed E-state index contributed by atoms with van der Waals surface area (Å²) in [7, 11) is -2.96. The minimum Gasteiger partial charge on any atom is -0.381 e. The summed E-state index contributed by atoms with van der Waals surface area (Å²) in [4.78, 5) is 0. The molecule has 3 fully saturated rings. The maximum atomic E-state index is 11.6. The van der Waals surface area contributed by atoms with Crippen molar-refractivity contribution >= 4 is 9.84 Å². The van der Waals surface area contributed by atoms with Crippen molar-refractivity contribution in [3.05, 3.63) is 0 Å². The van der Waals surface area contributed by atoms with Gasteiger partial charge in [-0.05, 0) is 50.4 Å². The van der Waals surface area contributed by atoms with Crippen LogP contribution in [0, 0.1) is 11.8 Å². The lowest BCUT2D eigenvalue weighted by molar-refractivity contribution is 0.174. The van der Waals surface area contributed by atoms with Gasteiger partial charge in [-0.25, -0.2) is 8.42 Å². The van der Waals surface area contributed by atoms with E-state index in [0.717, 1.165) is 39.1 Å². The first-order chi connectivity index (χ1) is 11.0. The molecule has 3 aliphatic rings. The van der Waals surface area contributed by atoms with E-state index in [1.165, 1.54) is 31.9 Å². The molecule has 3 heterocycles. The van der Waals surface area contributed by atoms with Gasteiger partial charge in [0.2, 0.25) is 0 Å². The zero-order chi connectivity index (χ0) is 16.3. The van der Waals surface area contributed by atoms with Crippen LogP contribution in [0.2, 0.25) is 0 Å². The predicted molar refractivity (Wildman–Crippen MR) is 90.8 cm³/mol. The van der Waals surface area contributed by atoms with Crippen molar-refractivity contribution in [3.8, 4) is 0 Å². The van der Waals surface area contributed by atoms with E-state index in [9.17, 15) is 8.42 Å². The van der Waals surface area contributed by atoms with Crippen molar-refractivity contribution in [1.29, 1.82) is 0 Å². The predicted octanol–water partition coefficient (Wildman–Crippen LogP) is 0.451. The molecule has 0 aromatic heterocycles. The van der Waals surface area contributed by atoms with Crippen molar-refractivity contribution in [2.75, 3.05) is 32.6 Å². The Morgan fingerprint density at radius 1 is 1.17 bits per heavy atom. The Kier molecular flexibility index (Phi) is 5.96. The molecule has 5 unspecified atom stereocenters. The molecule has 0 amide bonds. The fraction of sp³-hybridized carbons (Fsp3) is 1.00. The molecule has 0 spiro atoms. The number of hydrogen-bond donors (Lipinski definition) is 3. The first kappa shape index (κ1) is 17.6. The number of piperidine rings is 2. The van der Waals surface area contributed by atoms with Crippen LogP contribution < -0.4 is 16.0 Å². The molecule has 134 valence electrons. The number of hydrogen-bond acceptors (Lipinski definition) is 6. The molecular formula is C16H31N3O3S. The lowest BCUT2D eigenvalue weighted by atomic mass is 9.86. The van der Waals surface area contributed by atoms with Gasteiger partial charge in [-0.15, -0.1) is 0 Å². The number of sulfone groups is 1. The van der Waals surface area contributed by atoms with E-state index in [2.05, 4.69) is 16.0 Å². The lowest BCUT2D eigenvalue weighted by Gasteiger charge is -2.40. The summed E-state index contributed by atoms with van der Waals surface area (Å²) in [5, 5.41) is 10.3. The molecule has 0 aliphatic carbocycles. The van der Waals surface area contributed by atoms with Gasteiger partial charge in [0, 0.05) is 32.0 Å². The lowest BCUT2D eigenvalue weighted by Crippen LogP contribution is -2.57. The Labute approximate surface area is 140 Å². The molecule has 3 rings (SSSR count). The van der Waals surface area contributed by atoms with E-state index in [1.54, 1.807) is 0 Å². The molecule has 0 bridgehead atoms. The maximum absolute atomic E-state index is 11.6. The smallest absolute Gasteiger partial charge is 0.163 e. The monoisotopic (exact) mass is 345 g/mol. The Bertz CT molecular complexity index is 471. The molecule has 3 saturated heterocycles. The van der Waals surface area contributed by atoms with Crippen LogP contribution in [-0.2, 0) is 14.6 Å². The van der Waals surface area contributed by atoms with E-state index in [4.69, 9.17) is 4.74 Å². The molecule has 3 aliphatic heterocycles. The normalized spacial score (nSPS) is 39.4. The Balaban J connectivity index is 1.43. The van der Waals surface area contributed by atoms with Crippen molar-refractivity contribution in [2.45, 2.75) is 56.1 Å². The van der Waals surface area contributed by atoms with Gasteiger partial charge < -0.3 is 15.4 Å². The minimum absolute atomic E-state index is 0.348. The Morgan fingerprint density at radius 2 is 2.04 bits per heavy atom. The molecule has 6 nitrogen and oxygen atoms in total. The molecule has 7 heteroatoms. The second-order valence-corrected chi connectivity index (χ2v) is 9.69. The molecular weight excluding hydrogens is 314 g/mol. The first-order valence-corrected chi connectivity index (χ1v) is 11.0. The van der Waals surface area contributed by atoms with Gasteiger partial charge >= 0.3 is 0 Å². The summed E-state index contributed by atoms with van der Waals surface area (Å²) < 4.78 is 28.7. The van der Waals surface area contributed by atoms with Crippen LogP contribution in [0.5, 0.6) is 0 Å². The average Bonchev–Trinajstić information content (AvgIpc) is 3.06. The van der Waals surface area contributed by atoms with E-state index in [-0.39, 0.29) is 5.37 Å². The molecule has 0 aromatic rings. The van der Waals surface area contributed by atoms with E-state index in [1.807, 2.05) is 0 Å². The van der Waals surface area contributed by atoms with Crippen molar-refractivity contribution in [3.63, 3.8) is 0 Å².